The van der Waals surface area contributed by atoms with Gasteiger partial charge in [0.05, 0.1) is 15.6 Å². The molecule has 3 aromatic rings. The van der Waals surface area contributed by atoms with Crippen molar-refractivity contribution in [1.29, 1.82) is 0 Å². The van der Waals surface area contributed by atoms with Crippen LogP contribution in [0.4, 0.5) is 5.69 Å². The Labute approximate surface area is 232 Å². The number of carbonyl (C=O) groups excluding carboxylic acids is 2. The molecule has 0 aliphatic rings. The normalized spacial score (nSPS) is 12.0. The van der Waals surface area contributed by atoms with Crippen LogP contribution in [0.15, 0.2) is 77.7 Å². The van der Waals surface area contributed by atoms with Crippen molar-refractivity contribution in [3.63, 3.8) is 0 Å². The van der Waals surface area contributed by atoms with Crippen LogP contribution < -0.4 is 9.62 Å². The molecule has 0 radical (unpaired) electrons. The Morgan fingerprint density at radius 2 is 1.59 bits per heavy atom. The van der Waals surface area contributed by atoms with Crippen molar-refractivity contribution in [2.24, 2.45) is 0 Å². The van der Waals surface area contributed by atoms with Crippen molar-refractivity contribution in [2.45, 2.75) is 31.3 Å². The van der Waals surface area contributed by atoms with E-state index in [1.807, 2.05) is 0 Å². The van der Waals surface area contributed by atoms with Gasteiger partial charge in [-0.3, -0.25) is 13.9 Å². The lowest BCUT2D eigenvalue weighted by atomic mass is 10.1. The first kappa shape index (κ1) is 28.8. The Bertz CT molecular complexity index is 1370. The van der Waals surface area contributed by atoms with Gasteiger partial charge >= 0.3 is 0 Å². The molecular formula is C26H26Cl3N3O4S. The number of hydrogen-bond acceptors (Lipinski definition) is 4. The summed E-state index contributed by atoms with van der Waals surface area (Å²) in [6.45, 7) is 3.12. The van der Waals surface area contributed by atoms with Gasteiger partial charge in [0.15, 0.2) is 0 Å². The smallest absolute Gasteiger partial charge is 0.264 e. The number of likely N-dealkylation sites (N-methyl/N-ethyl adjacent to an activating group) is 1. The minimum absolute atomic E-state index is 0.0280. The molecule has 11 heteroatoms. The zero-order valence-electron chi connectivity index (χ0n) is 20.2. The Morgan fingerprint density at radius 3 is 2.24 bits per heavy atom. The minimum Gasteiger partial charge on any atom is -0.355 e. The number of halogens is 3. The molecule has 1 N–H and O–H groups in total. The van der Waals surface area contributed by atoms with Crippen LogP contribution in [0.25, 0.3) is 0 Å². The van der Waals surface area contributed by atoms with Crippen LogP contribution in [0.2, 0.25) is 15.1 Å². The van der Waals surface area contributed by atoms with Crippen LogP contribution >= 0.6 is 34.8 Å². The van der Waals surface area contributed by atoms with E-state index in [1.54, 1.807) is 56.3 Å². The number of sulfonamides is 1. The van der Waals surface area contributed by atoms with E-state index in [2.05, 4.69) is 5.32 Å². The van der Waals surface area contributed by atoms with Crippen LogP contribution in [0.1, 0.15) is 19.4 Å². The summed E-state index contributed by atoms with van der Waals surface area (Å²) >= 11 is 18.7. The minimum atomic E-state index is -4.24. The number of benzene rings is 3. The van der Waals surface area contributed by atoms with E-state index in [1.165, 1.54) is 35.2 Å². The summed E-state index contributed by atoms with van der Waals surface area (Å²) in [6.07, 6.45) is 0. The largest absolute Gasteiger partial charge is 0.355 e. The Morgan fingerprint density at radius 1 is 0.919 bits per heavy atom. The van der Waals surface area contributed by atoms with Crippen LogP contribution in [-0.2, 0) is 26.2 Å². The Hall–Kier alpha value is -2.78. The van der Waals surface area contributed by atoms with Gasteiger partial charge in [-0.15, -0.1) is 0 Å². The molecule has 0 saturated carbocycles. The van der Waals surface area contributed by atoms with Crippen LogP contribution in [0.5, 0.6) is 0 Å². The average Bonchev–Trinajstić information content (AvgIpc) is 2.87. The highest BCUT2D eigenvalue weighted by Crippen LogP contribution is 2.33. The molecular weight excluding hydrogens is 557 g/mol. The van der Waals surface area contributed by atoms with Crippen molar-refractivity contribution in [1.82, 2.24) is 10.2 Å². The Balaban J connectivity index is 2.06. The second kappa shape index (κ2) is 12.6. The third-order valence-corrected chi connectivity index (χ3v) is 8.11. The first-order valence-electron chi connectivity index (χ1n) is 11.4. The van der Waals surface area contributed by atoms with Crippen molar-refractivity contribution >= 4 is 62.3 Å². The fraction of sp³-hybridized carbons (Fsp3) is 0.231. The van der Waals surface area contributed by atoms with Gasteiger partial charge in [0.2, 0.25) is 11.8 Å². The lowest BCUT2D eigenvalue weighted by Crippen LogP contribution is -2.51. The molecule has 37 heavy (non-hydrogen) atoms. The summed E-state index contributed by atoms with van der Waals surface area (Å²) in [4.78, 5) is 27.8. The zero-order valence-corrected chi connectivity index (χ0v) is 23.3. The first-order chi connectivity index (χ1) is 17.5. The summed E-state index contributed by atoms with van der Waals surface area (Å²) < 4.78 is 28.4. The van der Waals surface area contributed by atoms with Gasteiger partial charge in [0.25, 0.3) is 10.0 Å². The molecule has 0 saturated heterocycles. The maximum atomic E-state index is 13.8. The fourth-order valence-electron chi connectivity index (χ4n) is 3.65. The van der Waals surface area contributed by atoms with Crippen LogP contribution in [0, 0.1) is 0 Å². The summed E-state index contributed by atoms with van der Waals surface area (Å²) in [7, 11) is -4.24. The standard InChI is InChI=1S/C26H26Cl3N3O4S/c1-3-30-26(34)18(2)31(16-19-8-7-9-20(27)14-19)25(33)17-32(24-15-21(28)12-13-23(24)29)37(35,36)22-10-5-4-6-11-22/h4-15,18H,3,16-17H2,1-2H3,(H,30,34). The number of amides is 2. The van der Waals surface area contributed by atoms with E-state index in [4.69, 9.17) is 34.8 Å². The third kappa shape index (κ3) is 7.17. The molecule has 196 valence electrons. The molecule has 0 aliphatic heterocycles. The van der Waals surface area contributed by atoms with Gasteiger partial charge in [-0.2, -0.15) is 0 Å². The molecule has 0 bridgehead atoms. The highest BCUT2D eigenvalue weighted by molar-refractivity contribution is 7.92. The quantitative estimate of drug-likeness (QED) is 0.347. The van der Waals surface area contributed by atoms with E-state index >= 15 is 0 Å². The van der Waals surface area contributed by atoms with E-state index in [0.29, 0.717) is 17.1 Å². The van der Waals surface area contributed by atoms with Gasteiger partial charge < -0.3 is 10.2 Å². The molecule has 0 aliphatic carbocycles. The highest BCUT2D eigenvalue weighted by Gasteiger charge is 2.33. The topological polar surface area (TPSA) is 86.8 Å². The van der Waals surface area contributed by atoms with Crippen LogP contribution in [0.3, 0.4) is 0 Å². The van der Waals surface area contributed by atoms with Gasteiger partial charge in [-0.05, 0) is 61.9 Å². The van der Waals surface area contributed by atoms with E-state index in [9.17, 15) is 18.0 Å². The van der Waals surface area contributed by atoms with Crippen molar-refractivity contribution < 1.29 is 18.0 Å². The molecule has 2 amide bonds. The predicted molar refractivity (Wildman–Crippen MR) is 148 cm³/mol. The monoisotopic (exact) mass is 581 g/mol. The molecule has 0 aromatic heterocycles. The summed E-state index contributed by atoms with van der Waals surface area (Å²) in [6, 6.07) is 18.0. The van der Waals surface area contributed by atoms with E-state index < -0.39 is 28.5 Å². The van der Waals surface area contributed by atoms with Gasteiger partial charge in [0.1, 0.15) is 12.6 Å². The summed E-state index contributed by atoms with van der Waals surface area (Å²) in [5.74, 6) is -0.995. The summed E-state index contributed by atoms with van der Waals surface area (Å²) in [5, 5.41) is 3.51. The lowest BCUT2D eigenvalue weighted by Gasteiger charge is -2.32. The number of hydrogen-bond donors (Lipinski definition) is 1. The van der Waals surface area contributed by atoms with E-state index in [0.717, 1.165) is 4.31 Å². The SMILES string of the molecule is CCNC(=O)C(C)N(Cc1cccc(Cl)c1)C(=O)CN(c1cc(Cl)ccc1Cl)S(=O)(=O)c1ccccc1. The van der Waals surface area contributed by atoms with Gasteiger partial charge in [-0.1, -0.05) is 65.1 Å². The number of rotatable bonds is 10. The number of nitrogens with zero attached hydrogens (tertiary/aromatic N) is 2. The molecule has 0 spiro atoms. The van der Waals surface area contributed by atoms with Crippen molar-refractivity contribution in [3.8, 4) is 0 Å². The molecule has 0 fully saturated rings. The predicted octanol–water partition coefficient (Wildman–Crippen LogP) is 5.40. The van der Waals surface area contributed by atoms with Crippen LogP contribution in [-0.4, -0.2) is 44.3 Å². The second-order valence-corrected chi connectivity index (χ2v) is 11.3. The maximum absolute atomic E-state index is 13.8. The van der Waals surface area contributed by atoms with E-state index in [-0.39, 0.29) is 33.1 Å². The maximum Gasteiger partial charge on any atom is 0.264 e. The van der Waals surface area contributed by atoms with Gasteiger partial charge in [0, 0.05) is 23.1 Å². The zero-order chi connectivity index (χ0) is 27.2. The molecule has 1 atom stereocenters. The average molecular weight is 583 g/mol. The number of nitrogens with one attached hydrogen (secondary N) is 1. The number of anilines is 1. The van der Waals surface area contributed by atoms with Crippen molar-refractivity contribution in [3.05, 3.63) is 93.4 Å². The fourth-order valence-corrected chi connectivity index (χ4v) is 5.74. The molecule has 1 unspecified atom stereocenters. The molecule has 7 nitrogen and oxygen atoms in total. The van der Waals surface area contributed by atoms with Crippen molar-refractivity contribution in [2.75, 3.05) is 17.4 Å². The molecule has 0 heterocycles. The van der Waals surface area contributed by atoms with Gasteiger partial charge in [-0.25, -0.2) is 8.42 Å². The Kier molecular flexibility index (Phi) is 9.84. The number of carbonyl (C=O) groups is 2. The first-order valence-corrected chi connectivity index (χ1v) is 14.0. The molecule has 3 aromatic carbocycles. The summed E-state index contributed by atoms with van der Waals surface area (Å²) in [5.41, 5.74) is 0.718. The third-order valence-electron chi connectivity index (χ3n) is 5.55. The second-order valence-electron chi connectivity index (χ2n) is 8.14. The highest BCUT2D eigenvalue weighted by atomic mass is 35.5. The molecule has 3 rings (SSSR count). The lowest BCUT2D eigenvalue weighted by molar-refractivity contribution is -0.139.